The fourth-order valence-electron chi connectivity index (χ4n) is 2.24. The summed E-state index contributed by atoms with van der Waals surface area (Å²) in [7, 11) is 1.59. The molecule has 0 unspecified atom stereocenters. The number of ether oxygens (including phenoxy) is 1. The molecule has 6 heteroatoms. The lowest BCUT2D eigenvalue weighted by Crippen LogP contribution is -2.27. The maximum absolute atomic E-state index is 12.6. The Kier molecular flexibility index (Phi) is 5.84. The number of alkyl halides is 3. The van der Waals surface area contributed by atoms with E-state index in [0.717, 1.165) is 23.4 Å². The van der Waals surface area contributed by atoms with Gasteiger partial charge in [-0.25, -0.2) is 0 Å². The average molecular weight is 337 g/mol. The molecule has 0 saturated heterocycles. The molecule has 0 aliphatic carbocycles. The van der Waals surface area contributed by atoms with Crippen LogP contribution in [0.2, 0.25) is 0 Å². The molecule has 3 nitrogen and oxygen atoms in total. The maximum atomic E-state index is 12.6. The molecule has 0 radical (unpaired) electrons. The van der Waals surface area contributed by atoms with E-state index in [0.29, 0.717) is 18.5 Å². The first kappa shape index (κ1) is 17.8. The van der Waals surface area contributed by atoms with Crippen molar-refractivity contribution < 1.29 is 22.7 Å². The highest BCUT2D eigenvalue weighted by molar-refractivity contribution is 5.78. The smallest absolute Gasteiger partial charge is 0.416 e. The number of nitrogens with one attached hydrogen (secondary N) is 1. The van der Waals surface area contributed by atoms with Gasteiger partial charge in [-0.3, -0.25) is 4.79 Å². The van der Waals surface area contributed by atoms with E-state index in [4.69, 9.17) is 4.74 Å². The van der Waals surface area contributed by atoms with E-state index in [1.165, 1.54) is 12.1 Å². The van der Waals surface area contributed by atoms with Crippen LogP contribution in [-0.4, -0.2) is 19.6 Å². The second-order valence-electron chi connectivity index (χ2n) is 5.32. The quantitative estimate of drug-likeness (QED) is 0.874. The lowest BCUT2D eigenvalue weighted by molar-refractivity contribution is -0.137. The molecule has 0 heterocycles. The van der Waals surface area contributed by atoms with Crippen LogP contribution in [0.3, 0.4) is 0 Å². The Balaban J connectivity index is 1.83. The summed E-state index contributed by atoms with van der Waals surface area (Å²) < 4.78 is 43.0. The van der Waals surface area contributed by atoms with Crippen LogP contribution < -0.4 is 10.1 Å². The Morgan fingerprint density at radius 1 is 1.08 bits per heavy atom. The fraction of sp³-hybridized carbons (Fsp3) is 0.278. The predicted molar refractivity (Wildman–Crippen MR) is 84.9 cm³/mol. The molecule has 128 valence electrons. The zero-order chi connectivity index (χ0) is 17.6. The molecule has 0 bridgehead atoms. The van der Waals surface area contributed by atoms with Gasteiger partial charge in [0, 0.05) is 6.54 Å². The van der Waals surface area contributed by atoms with Crippen molar-refractivity contribution in [2.45, 2.75) is 19.0 Å². The summed E-state index contributed by atoms with van der Waals surface area (Å²) in [4.78, 5) is 11.9. The van der Waals surface area contributed by atoms with Crippen LogP contribution in [0, 0.1) is 0 Å². The summed E-state index contributed by atoms with van der Waals surface area (Å²) in [5, 5.41) is 2.71. The highest BCUT2D eigenvalue weighted by Crippen LogP contribution is 2.29. The van der Waals surface area contributed by atoms with Crippen LogP contribution in [0.25, 0.3) is 0 Å². The van der Waals surface area contributed by atoms with Gasteiger partial charge in [-0.1, -0.05) is 30.3 Å². The Hall–Kier alpha value is -2.50. The molecular formula is C18H18F3NO2. The highest BCUT2D eigenvalue weighted by Gasteiger charge is 2.30. The number of hydrogen-bond donors (Lipinski definition) is 1. The van der Waals surface area contributed by atoms with Gasteiger partial charge in [0.1, 0.15) is 5.75 Å². The Labute approximate surface area is 138 Å². The van der Waals surface area contributed by atoms with Gasteiger partial charge >= 0.3 is 6.18 Å². The molecule has 0 fully saturated rings. The Morgan fingerprint density at radius 3 is 2.42 bits per heavy atom. The molecule has 0 aliphatic heterocycles. The van der Waals surface area contributed by atoms with Gasteiger partial charge in [0.05, 0.1) is 19.1 Å². The van der Waals surface area contributed by atoms with Crippen LogP contribution in [0.4, 0.5) is 13.2 Å². The maximum Gasteiger partial charge on any atom is 0.416 e. The number of carbonyl (C=O) groups excluding carboxylic acids is 1. The number of hydrogen-bond acceptors (Lipinski definition) is 2. The first-order chi connectivity index (χ1) is 11.4. The van der Waals surface area contributed by atoms with Gasteiger partial charge in [0.25, 0.3) is 0 Å². The SMILES string of the molecule is COc1ccc(CCNC(=O)Cc2cccc(C(F)(F)F)c2)cc1. The normalized spacial score (nSPS) is 11.2. The van der Waals surface area contributed by atoms with Crippen molar-refractivity contribution in [3.63, 3.8) is 0 Å². The van der Waals surface area contributed by atoms with Crippen molar-refractivity contribution in [1.82, 2.24) is 5.32 Å². The minimum Gasteiger partial charge on any atom is -0.497 e. The molecule has 1 amide bonds. The van der Waals surface area contributed by atoms with Gasteiger partial charge in [-0.15, -0.1) is 0 Å². The van der Waals surface area contributed by atoms with Crippen LogP contribution in [0.5, 0.6) is 5.75 Å². The number of rotatable bonds is 6. The Bertz CT molecular complexity index is 681. The molecule has 0 aliphatic rings. The molecule has 2 aromatic rings. The summed E-state index contributed by atoms with van der Waals surface area (Å²) in [5.41, 5.74) is 0.632. The van der Waals surface area contributed by atoms with Crippen LogP contribution in [-0.2, 0) is 23.8 Å². The Morgan fingerprint density at radius 2 is 1.79 bits per heavy atom. The van der Waals surface area contributed by atoms with Crippen molar-refractivity contribution in [3.8, 4) is 5.75 Å². The lowest BCUT2D eigenvalue weighted by Gasteiger charge is -2.09. The molecule has 1 N–H and O–H groups in total. The first-order valence-electron chi connectivity index (χ1n) is 7.44. The average Bonchev–Trinajstić information content (AvgIpc) is 2.55. The van der Waals surface area contributed by atoms with Crippen LogP contribution in [0.1, 0.15) is 16.7 Å². The molecule has 0 aromatic heterocycles. The number of halogens is 3. The molecule has 24 heavy (non-hydrogen) atoms. The van der Waals surface area contributed by atoms with E-state index < -0.39 is 11.7 Å². The molecule has 2 aromatic carbocycles. The van der Waals surface area contributed by atoms with Crippen molar-refractivity contribution in [1.29, 1.82) is 0 Å². The fourth-order valence-corrected chi connectivity index (χ4v) is 2.24. The minimum atomic E-state index is -4.40. The second-order valence-corrected chi connectivity index (χ2v) is 5.32. The van der Waals surface area contributed by atoms with Crippen molar-refractivity contribution >= 4 is 5.91 Å². The van der Waals surface area contributed by atoms with Gasteiger partial charge in [-0.2, -0.15) is 13.2 Å². The van der Waals surface area contributed by atoms with E-state index >= 15 is 0 Å². The molecule has 0 spiro atoms. The summed E-state index contributed by atoms with van der Waals surface area (Å²) in [5.74, 6) is 0.454. The van der Waals surface area contributed by atoms with Crippen LogP contribution >= 0.6 is 0 Å². The largest absolute Gasteiger partial charge is 0.497 e. The molecule has 0 saturated carbocycles. The third kappa shape index (κ3) is 5.30. The lowest BCUT2D eigenvalue weighted by atomic mass is 10.1. The number of amides is 1. The van der Waals surface area contributed by atoms with E-state index in [9.17, 15) is 18.0 Å². The summed E-state index contributed by atoms with van der Waals surface area (Å²) in [6.07, 6.45) is -3.84. The topological polar surface area (TPSA) is 38.3 Å². The zero-order valence-corrected chi connectivity index (χ0v) is 13.2. The van der Waals surface area contributed by atoms with E-state index in [1.54, 1.807) is 7.11 Å². The summed E-state index contributed by atoms with van der Waals surface area (Å²) >= 11 is 0. The van der Waals surface area contributed by atoms with E-state index in [2.05, 4.69) is 5.32 Å². The number of benzene rings is 2. The number of carbonyl (C=O) groups is 1. The summed E-state index contributed by atoms with van der Waals surface area (Å²) in [6, 6.07) is 12.3. The van der Waals surface area contributed by atoms with Crippen LogP contribution in [0.15, 0.2) is 48.5 Å². The number of methoxy groups -OCH3 is 1. The van der Waals surface area contributed by atoms with E-state index in [-0.39, 0.29) is 12.3 Å². The van der Waals surface area contributed by atoms with Gasteiger partial charge in [0.15, 0.2) is 0 Å². The third-order valence-electron chi connectivity index (χ3n) is 3.51. The van der Waals surface area contributed by atoms with Crippen molar-refractivity contribution in [2.75, 3.05) is 13.7 Å². The highest BCUT2D eigenvalue weighted by atomic mass is 19.4. The standard InChI is InChI=1S/C18H18F3NO2/c1-24-16-7-5-13(6-8-16)9-10-22-17(23)12-14-3-2-4-15(11-14)18(19,20)21/h2-8,11H,9-10,12H2,1H3,(H,22,23). The summed E-state index contributed by atoms with van der Waals surface area (Å²) in [6.45, 7) is 0.421. The zero-order valence-electron chi connectivity index (χ0n) is 13.2. The first-order valence-corrected chi connectivity index (χ1v) is 7.44. The molecule has 0 atom stereocenters. The molecular weight excluding hydrogens is 319 g/mol. The monoisotopic (exact) mass is 337 g/mol. The third-order valence-corrected chi connectivity index (χ3v) is 3.51. The second kappa shape index (κ2) is 7.86. The minimum absolute atomic E-state index is 0.0769. The van der Waals surface area contributed by atoms with Gasteiger partial charge in [0.2, 0.25) is 5.91 Å². The van der Waals surface area contributed by atoms with Crippen molar-refractivity contribution in [2.24, 2.45) is 0 Å². The van der Waals surface area contributed by atoms with Gasteiger partial charge in [-0.05, 0) is 35.7 Å². The van der Waals surface area contributed by atoms with E-state index in [1.807, 2.05) is 24.3 Å². The van der Waals surface area contributed by atoms with Crippen molar-refractivity contribution in [3.05, 3.63) is 65.2 Å². The predicted octanol–water partition coefficient (Wildman–Crippen LogP) is 3.62. The molecule has 2 rings (SSSR count). The van der Waals surface area contributed by atoms with Gasteiger partial charge < -0.3 is 10.1 Å².